The summed E-state index contributed by atoms with van der Waals surface area (Å²) in [6, 6.07) is -9.37. The highest BCUT2D eigenvalue weighted by Crippen LogP contribution is 2.19. The van der Waals surface area contributed by atoms with E-state index in [1.54, 1.807) is 13.8 Å². The Bertz CT molecular complexity index is 1800. The number of unbranched alkanes of at least 4 members (excludes halogenated alkanes) is 5. The molecule has 1 saturated heterocycles. The number of nitrogens with one attached hydrogen (secondary N) is 7. The number of carboxylic acids is 1. The van der Waals surface area contributed by atoms with Gasteiger partial charge in [0.1, 0.15) is 48.4 Å². The van der Waals surface area contributed by atoms with Gasteiger partial charge >= 0.3 is 17.9 Å². The molecule has 1 rings (SSSR count). The number of hydrogen-bond donors (Lipinski definition) is 8. The molecule has 0 bridgehead atoms. The van der Waals surface area contributed by atoms with Crippen molar-refractivity contribution < 1.29 is 62.5 Å². The fourth-order valence-corrected chi connectivity index (χ4v) is 8.47. The molecule has 0 aliphatic carbocycles. The first-order chi connectivity index (χ1) is 34.1. The summed E-state index contributed by atoms with van der Waals surface area (Å²) in [5, 5.41) is 28.3. The molecule has 20 nitrogen and oxygen atoms in total. The number of amides is 7. The van der Waals surface area contributed by atoms with Gasteiger partial charge in [-0.2, -0.15) is 0 Å². The van der Waals surface area contributed by atoms with E-state index in [1.165, 1.54) is 0 Å². The molecule has 73 heavy (non-hydrogen) atoms. The highest BCUT2D eigenvalue weighted by molar-refractivity contribution is 5.98. The van der Waals surface area contributed by atoms with Crippen molar-refractivity contribution in [1.29, 1.82) is 0 Å². The van der Waals surface area contributed by atoms with Gasteiger partial charge in [-0.1, -0.05) is 122 Å². The summed E-state index contributed by atoms with van der Waals surface area (Å²) in [5.41, 5.74) is 0. The minimum atomic E-state index is -1.59. The lowest BCUT2D eigenvalue weighted by Crippen LogP contribution is -2.61. The van der Waals surface area contributed by atoms with E-state index >= 15 is 0 Å². The first-order valence-electron chi connectivity index (χ1n) is 26.7. The lowest BCUT2D eigenvalue weighted by molar-refractivity contribution is -0.155. The van der Waals surface area contributed by atoms with Crippen LogP contribution in [0.2, 0.25) is 0 Å². The van der Waals surface area contributed by atoms with E-state index < -0.39 is 133 Å². The van der Waals surface area contributed by atoms with Gasteiger partial charge in [0, 0.05) is 6.42 Å². The number of aliphatic carboxylic acids is 1. The van der Waals surface area contributed by atoms with Crippen LogP contribution in [0.3, 0.4) is 0 Å². The van der Waals surface area contributed by atoms with Gasteiger partial charge in [-0.15, -0.1) is 0 Å². The quantitative estimate of drug-likeness (QED) is 0.0508. The van der Waals surface area contributed by atoms with Crippen molar-refractivity contribution in [2.75, 3.05) is 7.11 Å². The number of carboxylic acid groups (broad SMARTS) is 1. The number of esters is 2. The second-order valence-electron chi connectivity index (χ2n) is 22.2. The van der Waals surface area contributed by atoms with E-state index in [2.05, 4.69) is 51.1 Å². The molecule has 8 N–H and O–H groups in total. The highest BCUT2D eigenvalue weighted by atomic mass is 16.5. The van der Waals surface area contributed by atoms with E-state index in [4.69, 9.17) is 9.47 Å². The van der Waals surface area contributed by atoms with Crippen molar-refractivity contribution in [3.8, 4) is 0 Å². The Morgan fingerprint density at radius 1 is 0.507 bits per heavy atom. The van der Waals surface area contributed by atoms with Crippen LogP contribution < -0.4 is 37.2 Å². The van der Waals surface area contributed by atoms with Gasteiger partial charge in [-0.25, -0.2) is 4.79 Å². The lowest BCUT2D eigenvalue weighted by atomic mass is 9.98. The van der Waals surface area contributed by atoms with Crippen LogP contribution in [0.5, 0.6) is 0 Å². The van der Waals surface area contributed by atoms with E-state index in [0.29, 0.717) is 12.3 Å². The third-order valence-corrected chi connectivity index (χ3v) is 12.4. The van der Waals surface area contributed by atoms with Crippen LogP contribution in [0.15, 0.2) is 0 Å². The van der Waals surface area contributed by atoms with Crippen molar-refractivity contribution in [1.82, 2.24) is 37.2 Å². The molecule has 1 aliphatic rings. The first kappa shape index (κ1) is 65.7. The lowest BCUT2D eigenvalue weighted by Gasteiger charge is -2.29. The third kappa shape index (κ3) is 27.5. The predicted octanol–water partition coefficient (Wildman–Crippen LogP) is 4.74. The molecule has 418 valence electrons. The van der Waals surface area contributed by atoms with Gasteiger partial charge in [0.25, 0.3) is 0 Å². The van der Waals surface area contributed by atoms with Gasteiger partial charge in [0.05, 0.1) is 20.0 Å². The number of cyclic esters (lactones) is 1. The zero-order valence-electron chi connectivity index (χ0n) is 46.2. The van der Waals surface area contributed by atoms with Crippen LogP contribution in [-0.4, -0.2) is 120 Å². The van der Waals surface area contributed by atoms with Crippen LogP contribution in [0.25, 0.3) is 0 Å². The minimum absolute atomic E-state index is 0.0719. The molecule has 7 amide bonds. The normalized spacial score (nSPS) is 24.0. The summed E-state index contributed by atoms with van der Waals surface area (Å²) >= 11 is 0. The summed E-state index contributed by atoms with van der Waals surface area (Å²) in [6.07, 6.45) is 4.21. The molecule has 1 heterocycles. The maximum atomic E-state index is 14.2. The first-order valence-corrected chi connectivity index (χ1v) is 26.7. The topological polar surface area (TPSA) is 294 Å². The molecule has 0 saturated carbocycles. The van der Waals surface area contributed by atoms with Crippen LogP contribution >= 0.6 is 0 Å². The van der Waals surface area contributed by atoms with E-state index in [1.807, 2.05) is 55.4 Å². The Morgan fingerprint density at radius 2 is 0.918 bits per heavy atom. The molecular weight excluding hydrogens is 943 g/mol. The number of methoxy groups -OCH3 is 1. The number of carbonyl (C=O) groups excluding carboxylic acids is 9. The van der Waals surface area contributed by atoms with Crippen LogP contribution in [-0.2, 0) is 57.4 Å². The van der Waals surface area contributed by atoms with Gasteiger partial charge in [0.15, 0.2) is 0 Å². The Morgan fingerprint density at radius 3 is 1.37 bits per heavy atom. The summed E-state index contributed by atoms with van der Waals surface area (Å²) in [7, 11) is 1.11. The summed E-state index contributed by atoms with van der Waals surface area (Å²) < 4.78 is 10.9. The van der Waals surface area contributed by atoms with Gasteiger partial charge in [-0.3, -0.25) is 43.2 Å². The van der Waals surface area contributed by atoms with E-state index in [0.717, 1.165) is 45.6 Å². The zero-order chi connectivity index (χ0) is 55.5. The SMILES string of the molecule is COC(=O)CC1NC(=O)C(C(C)C)NC(=O)C(CC(C)C)NC(=O)C(CC(C)C)NC(=O)C(CCC(=O)O)NC(=O)CC(CCCCCCCCC(C)C)OC(=O)C(CC(C)C)NC(=O)C(CC(C)C)NC1=O. The summed E-state index contributed by atoms with van der Waals surface area (Å²) in [6.45, 7) is 22.2. The molecule has 0 aromatic heterocycles. The predicted molar refractivity (Wildman–Crippen MR) is 276 cm³/mol. The number of rotatable bonds is 23. The Hall–Kier alpha value is -5.30. The zero-order valence-corrected chi connectivity index (χ0v) is 46.2. The van der Waals surface area contributed by atoms with Crippen molar-refractivity contribution in [2.45, 2.75) is 234 Å². The van der Waals surface area contributed by atoms with Gasteiger partial charge < -0.3 is 51.8 Å². The molecule has 0 spiro atoms. The number of hydrogen-bond acceptors (Lipinski definition) is 12. The van der Waals surface area contributed by atoms with Crippen LogP contribution in [0.1, 0.15) is 186 Å². The van der Waals surface area contributed by atoms with Crippen LogP contribution in [0, 0.1) is 35.5 Å². The smallest absolute Gasteiger partial charge is 0.328 e. The molecule has 20 heteroatoms. The molecule has 1 aliphatic heterocycles. The average molecular weight is 1040 g/mol. The number of carbonyl (C=O) groups is 10. The molecule has 0 aromatic carbocycles. The molecular formula is C53H93N7O13. The number of ether oxygens (including phenoxy) is 2. The van der Waals surface area contributed by atoms with Gasteiger partial charge in [-0.05, 0) is 80.5 Å². The van der Waals surface area contributed by atoms with E-state index in [9.17, 15) is 53.1 Å². The Balaban J connectivity index is 4.01. The molecule has 8 atom stereocenters. The molecule has 8 unspecified atom stereocenters. The van der Waals surface area contributed by atoms with Crippen LogP contribution in [0.4, 0.5) is 0 Å². The fourth-order valence-electron chi connectivity index (χ4n) is 8.47. The molecule has 0 radical (unpaired) electrons. The van der Waals surface area contributed by atoms with Crippen molar-refractivity contribution >= 4 is 59.3 Å². The summed E-state index contributed by atoms with van der Waals surface area (Å²) in [5.74, 6) is -9.23. The highest BCUT2D eigenvalue weighted by Gasteiger charge is 2.37. The van der Waals surface area contributed by atoms with Crippen molar-refractivity contribution in [3.05, 3.63) is 0 Å². The average Bonchev–Trinajstić information content (AvgIpc) is 3.27. The van der Waals surface area contributed by atoms with Gasteiger partial charge in [0.2, 0.25) is 41.4 Å². The Labute approximate surface area is 434 Å². The van der Waals surface area contributed by atoms with Crippen molar-refractivity contribution in [3.63, 3.8) is 0 Å². The second-order valence-corrected chi connectivity index (χ2v) is 22.2. The fraction of sp³-hybridized carbons (Fsp3) is 0.811. The minimum Gasteiger partial charge on any atom is -0.481 e. The van der Waals surface area contributed by atoms with Crippen molar-refractivity contribution in [2.24, 2.45) is 35.5 Å². The monoisotopic (exact) mass is 1040 g/mol. The maximum Gasteiger partial charge on any atom is 0.328 e. The molecule has 1 fully saturated rings. The standard InChI is InChI=1S/C53H93N7O13/c1-30(2)20-18-16-14-15-17-19-21-36-28-43(61)54-37(22-23-44(62)63)47(65)55-38(24-31(3)4)48(66)57-40(26-33(7)8)51(69)60-46(35(11)12)52(70)58-41(29-45(64)72-13)50(68)56-39(25-32(5)6)49(67)59-42(27-34(9)10)53(71)73-36/h30-42,46H,14-29H2,1-13H3,(H,54,61)(H,55,65)(H,56,68)(H,57,66)(H,58,70)(H,59,67)(H,60,69)(H,62,63). The Kier molecular flexibility index (Phi) is 30.8. The largest absolute Gasteiger partial charge is 0.481 e. The third-order valence-electron chi connectivity index (χ3n) is 12.4. The maximum absolute atomic E-state index is 14.2. The molecule has 0 aromatic rings. The van der Waals surface area contributed by atoms with E-state index in [-0.39, 0.29) is 62.2 Å². The summed E-state index contributed by atoms with van der Waals surface area (Å²) in [4.78, 5) is 138. The second kappa shape index (κ2) is 34.2.